The van der Waals surface area contributed by atoms with Gasteiger partial charge in [0.1, 0.15) is 5.82 Å². The van der Waals surface area contributed by atoms with Crippen molar-refractivity contribution in [3.63, 3.8) is 0 Å². The van der Waals surface area contributed by atoms with E-state index in [1.165, 1.54) is 5.56 Å². The van der Waals surface area contributed by atoms with Crippen molar-refractivity contribution in [1.82, 2.24) is 9.55 Å². The van der Waals surface area contributed by atoms with Gasteiger partial charge in [0.05, 0.1) is 6.04 Å². The zero-order valence-corrected chi connectivity index (χ0v) is 13.0. The number of aromatic nitrogens is 2. The van der Waals surface area contributed by atoms with Crippen LogP contribution in [0.25, 0.3) is 0 Å². The molecule has 0 saturated heterocycles. The van der Waals surface area contributed by atoms with Gasteiger partial charge >= 0.3 is 0 Å². The first kappa shape index (κ1) is 14.3. The second-order valence-electron chi connectivity index (χ2n) is 4.86. The zero-order valence-electron chi connectivity index (χ0n) is 11.4. The minimum atomic E-state index is 0.0333. The summed E-state index contributed by atoms with van der Waals surface area (Å²) in [6.45, 7) is 4.21. The fourth-order valence-corrected chi connectivity index (χ4v) is 2.66. The van der Waals surface area contributed by atoms with Crippen LogP contribution in [0.15, 0.2) is 41.1 Å². The van der Waals surface area contributed by atoms with Crippen molar-refractivity contribution in [2.45, 2.75) is 38.8 Å². The smallest absolute Gasteiger partial charge is 0.109 e. The van der Waals surface area contributed by atoms with Crippen molar-refractivity contribution in [1.29, 1.82) is 0 Å². The van der Waals surface area contributed by atoms with Crippen molar-refractivity contribution in [2.75, 3.05) is 0 Å². The van der Waals surface area contributed by atoms with Crippen molar-refractivity contribution in [3.8, 4) is 0 Å². The Morgan fingerprint density at radius 1 is 1.32 bits per heavy atom. The highest BCUT2D eigenvalue weighted by Gasteiger charge is 2.20. The molecule has 0 fully saturated rings. The number of rotatable bonds is 5. The molecular formula is C15H20BrN3. The molecule has 2 N–H and O–H groups in total. The molecule has 19 heavy (non-hydrogen) atoms. The summed E-state index contributed by atoms with van der Waals surface area (Å²) in [5.74, 6) is 1.10. The van der Waals surface area contributed by atoms with Gasteiger partial charge in [0.15, 0.2) is 0 Å². The molecule has 1 aromatic carbocycles. The maximum absolute atomic E-state index is 6.20. The van der Waals surface area contributed by atoms with Crippen LogP contribution in [0.5, 0.6) is 0 Å². The topological polar surface area (TPSA) is 43.8 Å². The van der Waals surface area contributed by atoms with E-state index >= 15 is 0 Å². The van der Waals surface area contributed by atoms with Crippen LogP contribution in [-0.4, -0.2) is 15.6 Å². The van der Waals surface area contributed by atoms with Gasteiger partial charge in [-0.3, -0.25) is 0 Å². The highest BCUT2D eigenvalue weighted by atomic mass is 79.9. The molecule has 0 saturated carbocycles. The van der Waals surface area contributed by atoms with Crippen LogP contribution in [0.2, 0.25) is 0 Å². The third-order valence-electron chi connectivity index (χ3n) is 3.23. The van der Waals surface area contributed by atoms with E-state index in [-0.39, 0.29) is 12.1 Å². The third-order valence-corrected chi connectivity index (χ3v) is 3.76. The SMILES string of the molecule is CCCc1nccn1C(c1ccc(Br)cc1)C(C)N. The minimum absolute atomic E-state index is 0.0333. The van der Waals surface area contributed by atoms with Gasteiger partial charge in [-0.25, -0.2) is 4.98 Å². The molecular weight excluding hydrogens is 302 g/mol. The third kappa shape index (κ3) is 3.25. The van der Waals surface area contributed by atoms with Crippen LogP contribution in [0.1, 0.15) is 37.7 Å². The minimum Gasteiger partial charge on any atom is -0.326 e. The Bertz CT molecular complexity index is 516. The van der Waals surface area contributed by atoms with Gasteiger partial charge in [0.2, 0.25) is 0 Å². The molecule has 2 rings (SSSR count). The number of nitrogens with zero attached hydrogens (tertiary/aromatic N) is 2. The summed E-state index contributed by atoms with van der Waals surface area (Å²) in [7, 11) is 0. The lowest BCUT2D eigenvalue weighted by Gasteiger charge is -2.25. The lowest BCUT2D eigenvalue weighted by molar-refractivity contribution is 0.478. The molecule has 0 bridgehead atoms. The lowest BCUT2D eigenvalue weighted by Crippen LogP contribution is -2.31. The molecule has 2 atom stereocenters. The first-order chi connectivity index (χ1) is 9.13. The first-order valence-corrected chi connectivity index (χ1v) is 7.45. The van der Waals surface area contributed by atoms with Crippen LogP contribution in [0, 0.1) is 0 Å². The molecule has 0 aliphatic rings. The highest BCUT2D eigenvalue weighted by Crippen LogP contribution is 2.24. The van der Waals surface area contributed by atoms with Crippen LogP contribution in [-0.2, 0) is 6.42 Å². The summed E-state index contributed by atoms with van der Waals surface area (Å²) in [4.78, 5) is 4.45. The van der Waals surface area contributed by atoms with Crippen molar-refractivity contribution >= 4 is 15.9 Å². The number of nitrogens with two attached hydrogens (primary N) is 1. The monoisotopic (exact) mass is 321 g/mol. The van der Waals surface area contributed by atoms with E-state index in [0.717, 1.165) is 23.1 Å². The first-order valence-electron chi connectivity index (χ1n) is 6.66. The number of hydrogen-bond acceptors (Lipinski definition) is 2. The number of halogens is 1. The molecule has 0 radical (unpaired) electrons. The summed E-state index contributed by atoms with van der Waals surface area (Å²) in [5, 5.41) is 0. The zero-order chi connectivity index (χ0) is 13.8. The Morgan fingerprint density at radius 2 is 2.00 bits per heavy atom. The molecule has 0 spiro atoms. The van der Waals surface area contributed by atoms with Gasteiger partial charge in [-0.1, -0.05) is 35.0 Å². The normalized spacial score (nSPS) is 14.3. The molecule has 2 unspecified atom stereocenters. The molecule has 4 heteroatoms. The Kier molecular flexibility index (Phi) is 4.77. The van der Waals surface area contributed by atoms with Crippen molar-refractivity contribution < 1.29 is 0 Å². The fourth-order valence-electron chi connectivity index (χ4n) is 2.39. The van der Waals surface area contributed by atoms with E-state index in [1.807, 2.05) is 19.3 Å². The van der Waals surface area contributed by atoms with Gasteiger partial charge in [-0.2, -0.15) is 0 Å². The van der Waals surface area contributed by atoms with Gasteiger partial charge in [0.25, 0.3) is 0 Å². The molecule has 0 aliphatic heterocycles. The summed E-state index contributed by atoms with van der Waals surface area (Å²) < 4.78 is 3.29. The number of hydrogen-bond donors (Lipinski definition) is 1. The van der Waals surface area contributed by atoms with Crippen molar-refractivity contribution in [2.24, 2.45) is 5.73 Å². The Balaban J connectivity index is 2.39. The summed E-state index contributed by atoms with van der Waals surface area (Å²) >= 11 is 3.47. The highest BCUT2D eigenvalue weighted by molar-refractivity contribution is 9.10. The van der Waals surface area contributed by atoms with E-state index in [2.05, 4.69) is 56.7 Å². The summed E-state index contributed by atoms with van der Waals surface area (Å²) in [6.07, 6.45) is 5.95. The fraction of sp³-hybridized carbons (Fsp3) is 0.400. The van der Waals surface area contributed by atoms with Crippen LogP contribution >= 0.6 is 15.9 Å². The maximum atomic E-state index is 6.20. The molecule has 3 nitrogen and oxygen atoms in total. The number of benzene rings is 1. The Morgan fingerprint density at radius 3 is 2.58 bits per heavy atom. The van der Waals surface area contributed by atoms with Gasteiger partial charge in [0, 0.05) is 29.3 Å². The largest absolute Gasteiger partial charge is 0.326 e. The molecule has 1 heterocycles. The second-order valence-corrected chi connectivity index (χ2v) is 5.77. The van der Waals surface area contributed by atoms with E-state index < -0.39 is 0 Å². The average molecular weight is 322 g/mol. The van der Waals surface area contributed by atoms with Gasteiger partial charge < -0.3 is 10.3 Å². The Labute approximate surface area is 123 Å². The number of imidazole rings is 1. The van der Waals surface area contributed by atoms with Gasteiger partial charge in [-0.05, 0) is 31.0 Å². The molecule has 2 aromatic rings. The van der Waals surface area contributed by atoms with Crippen LogP contribution in [0.3, 0.4) is 0 Å². The van der Waals surface area contributed by atoms with E-state index in [4.69, 9.17) is 5.73 Å². The molecule has 1 aromatic heterocycles. The molecule has 0 amide bonds. The summed E-state index contributed by atoms with van der Waals surface area (Å²) in [6, 6.07) is 8.52. The molecule has 0 aliphatic carbocycles. The Hall–Kier alpha value is -1.13. The van der Waals surface area contributed by atoms with Crippen molar-refractivity contribution in [3.05, 3.63) is 52.5 Å². The van der Waals surface area contributed by atoms with E-state index in [9.17, 15) is 0 Å². The van der Waals surface area contributed by atoms with Crippen LogP contribution in [0.4, 0.5) is 0 Å². The van der Waals surface area contributed by atoms with Crippen LogP contribution < -0.4 is 5.73 Å². The summed E-state index contributed by atoms with van der Waals surface area (Å²) in [5.41, 5.74) is 7.42. The average Bonchev–Trinajstić information content (AvgIpc) is 2.80. The molecule has 102 valence electrons. The van der Waals surface area contributed by atoms with E-state index in [0.29, 0.717) is 0 Å². The number of aryl methyl sites for hydroxylation is 1. The predicted molar refractivity (Wildman–Crippen MR) is 82.2 cm³/mol. The standard InChI is InChI=1S/C15H20BrN3/c1-3-4-14-18-9-10-19(14)15(11(2)17)12-5-7-13(16)8-6-12/h5-11,15H,3-4,17H2,1-2H3. The van der Waals surface area contributed by atoms with Gasteiger partial charge in [-0.15, -0.1) is 0 Å². The predicted octanol–water partition coefficient (Wildman–Crippen LogP) is 3.53. The van der Waals surface area contributed by atoms with E-state index in [1.54, 1.807) is 0 Å². The quantitative estimate of drug-likeness (QED) is 0.915. The second kappa shape index (κ2) is 6.35. The lowest BCUT2D eigenvalue weighted by atomic mass is 10.0. The maximum Gasteiger partial charge on any atom is 0.109 e.